The van der Waals surface area contributed by atoms with E-state index in [1.165, 1.54) is 7.11 Å². The van der Waals surface area contributed by atoms with E-state index in [9.17, 15) is 9.59 Å². The first kappa shape index (κ1) is 19.2. The summed E-state index contributed by atoms with van der Waals surface area (Å²) >= 11 is 0. The number of hydrogen-bond donors (Lipinski definition) is 1. The smallest absolute Gasteiger partial charge is 0.338 e. The number of esters is 1. The number of anilines is 1. The first-order valence-electron chi connectivity index (χ1n) is 9.20. The second kappa shape index (κ2) is 8.48. The van der Waals surface area contributed by atoms with Crippen molar-refractivity contribution in [3.8, 4) is 17.1 Å². The highest BCUT2D eigenvalue weighted by Gasteiger charge is 2.16. The number of para-hydroxylation sites is 2. The molecule has 0 saturated heterocycles. The van der Waals surface area contributed by atoms with E-state index >= 15 is 0 Å². The fraction of sp³-hybridized carbons (Fsp3) is 0.0870. The Hall–Kier alpha value is -4.13. The first-order chi connectivity index (χ1) is 14.7. The Balaban J connectivity index is 1.46. The van der Waals surface area contributed by atoms with Crippen molar-refractivity contribution in [2.75, 3.05) is 19.0 Å². The fourth-order valence-electron chi connectivity index (χ4n) is 3.01. The number of carbonyl (C=O) groups excluding carboxylic acids is 2. The molecular formula is C23H18N2O5. The monoisotopic (exact) mass is 402 g/mol. The minimum Gasteiger partial charge on any atom is -0.495 e. The third kappa shape index (κ3) is 4.00. The molecule has 0 aliphatic heterocycles. The van der Waals surface area contributed by atoms with Crippen molar-refractivity contribution in [1.82, 2.24) is 5.16 Å². The van der Waals surface area contributed by atoms with Gasteiger partial charge in [0.15, 0.2) is 12.4 Å². The molecule has 0 saturated carbocycles. The third-order valence-electron chi connectivity index (χ3n) is 4.46. The minimum atomic E-state index is -0.618. The molecule has 0 aliphatic carbocycles. The van der Waals surface area contributed by atoms with E-state index < -0.39 is 18.5 Å². The van der Waals surface area contributed by atoms with Crippen LogP contribution in [0.1, 0.15) is 10.4 Å². The van der Waals surface area contributed by atoms with Crippen LogP contribution >= 0.6 is 0 Å². The van der Waals surface area contributed by atoms with Crippen LogP contribution in [0.4, 0.5) is 5.69 Å². The number of benzene rings is 3. The summed E-state index contributed by atoms with van der Waals surface area (Å²) in [5.74, 6) is -0.00568. The van der Waals surface area contributed by atoms with Gasteiger partial charge < -0.3 is 19.3 Å². The normalized spacial score (nSPS) is 10.6. The van der Waals surface area contributed by atoms with E-state index in [4.69, 9.17) is 14.0 Å². The largest absolute Gasteiger partial charge is 0.495 e. The van der Waals surface area contributed by atoms with Gasteiger partial charge >= 0.3 is 5.97 Å². The lowest BCUT2D eigenvalue weighted by atomic mass is 10.1. The summed E-state index contributed by atoms with van der Waals surface area (Å²) in [6.07, 6.45) is 0. The molecule has 1 heterocycles. The van der Waals surface area contributed by atoms with Crippen molar-refractivity contribution in [2.24, 2.45) is 0 Å². The number of hydrogen-bond acceptors (Lipinski definition) is 6. The van der Waals surface area contributed by atoms with Gasteiger partial charge in [-0.05, 0) is 30.3 Å². The highest BCUT2D eigenvalue weighted by molar-refractivity contribution is 6.00. The van der Waals surface area contributed by atoms with Crippen molar-refractivity contribution < 1.29 is 23.6 Å². The molecule has 1 amide bonds. The third-order valence-corrected chi connectivity index (χ3v) is 4.46. The Kier molecular flexibility index (Phi) is 5.43. The Labute approximate surface area is 172 Å². The molecular weight excluding hydrogens is 384 g/mol. The topological polar surface area (TPSA) is 90.7 Å². The van der Waals surface area contributed by atoms with Crippen molar-refractivity contribution in [3.05, 3.63) is 78.4 Å². The van der Waals surface area contributed by atoms with Gasteiger partial charge in [-0.1, -0.05) is 47.6 Å². The van der Waals surface area contributed by atoms with E-state index in [0.29, 0.717) is 33.7 Å². The summed E-state index contributed by atoms with van der Waals surface area (Å²) in [6, 6.07) is 21.4. The summed E-state index contributed by atoms with van der Waals surface area (Å²) in [7, 11) is 1.51. The molecule has 1 aromatic heterocycles. The number of aromatic nitrogens is 1. The lowest BCUT2D eigenvalue weighted by molar-refractivity contribution is -0.119. The van der Waals surface area contributed by atoms with Crippen molar-refractivity contribution in [3.63, 3.8) is 0 Å². The van der Waals surface area contributed by atoms with Crippen LogP contribution in [0.5, 0.6) is 5.75 Å². The van der Waals surface area contributed by atoms with Crippen LogP contribution in [0, 0.1) is 0 Å². The van der Waals surface area contributed by atoms with Crippen molar-refractivity contribution in [2.45, 2.75) is 0 Å². The molecule has 30 heavy (non-hydrogen) atoms. The second-order valence-electron chi connectivity index (χ2n) is 6.43. The SMILES string of the molecule is COc1ccccc1NC(=O)COC(=O)c1ccc2noc(-c3ccccc3)c2c1. The summed E-state index contributed by atoms with van der Waals surface area (Å²) in [5.41, 5.74) is 2.27. The summed E-state index contributed by atoms with van der Waals surface area (Å²) < 4.78 is 15.8. The van der Waals surface area contributed by atoms with E-state index in [0.717, 1.165) is 5.56 Å². The van der Waals surface area contributed by atoms with Gasteiger partial charge in [0.2, 0.25) is 0 Å². The zero-order valence-electron chi connectivity index (χ0n) is 16.1. The van der Waals surface area contributed by atoms with Crippen molar-refractivity contribution >= 4 is 28.5 Å². The Morgan fingerprint density at radius 1 is 1.00 bits per heavy atom. The summed E-state index contributed by atoms with van der Waals surface area (Å²) in [6.45, 7) is -0.426. The lowest BCUT2D eigenvalue weighted by Crippen LogP contribution is -2.21. The Bertz CT molecular complexity index is 1200. The van der Waals surface area contributed by atoms with Crippen LogP contribution in [-0.2, 0) is 9.53 Å². The molecule has 0 radical (unpaired) electrons. The molecule has 3 aromatic carbocycles. The molecule has 0 aliphatic rings. The van der Waals surface area contributed by atoms with Crippen LogP contribution < -0.4 is 10.1 Å². The molecule has 0 spiro atoms. The van der Waals surface area contributed by atoms with Gasteiger partial charge in [0.25, 0.3) is 5.91 Å². The highest BCUT2D eigenvalue weighted by atomic mass is 16.5. The van der Waals surface area contributed by atoms with E-state index in [2.05, 4.69) is 10.5 Å². The molecule has 7 heteroatoms. The highest BCUT2D eigenvalue weighted by Crippen LogP contribution is 2.29. The standard InChI is InChI=1S/C23H18N2O5/c1-28-20-10-6-5-9-19(20)24-21(26)14-29-23(27)16-11-12-18-17(13-16)22(30-25-18)15-7-3-2-4-8-15/h2-13H,14H2,1H3,(H,24,26). The predicted octanol–water partition coefficient (Wildman–Crippen LogP) is 4.30. The zero-order chi connectivity index (χ0) is 20.9. The van der Waals surface area contributed by atoms with Gasteiger partial charge in [0.05, 0.1) is 23.7 Å². The maximum atomic E-state index is 12.5. The molecule has 0 unspecified atom stereocenters. The van der Waals surface area contributed by atoms with Gasteiger partial charge in [0.1, 0.15) is 11.3 Å². The summed E-state index contributed by atoms with van der Waals surface area (Å²) in [4.78, 5) is 24.6. The quantitative estimate of drug-likeness (QED) is 0.484. The second-order valence-corrected chi connectivity index (χ2v) is 6.43. The molecule has 1 N–H and O–H groups in total. The van der Waals surface area contributed by atoms with Crippen LogP contribution in [0.2, 0.25) is 0 Å². The number of ether oxygens (including phenoxy) is 2. The zero-order valence-corrected chi connectivity index (χ0v) is 16.1. The number of nitrogens with zero attached hydrogens (tertiary/aromatic N) is 1. The Morgan fingerprint density at radius 3 is 2.57 bits per heavy atom. The average molecular weight is 402 g/mol. The molecule has 7 nitrogen and oxygen atoms in total. The Morgan fingerprint density at radius 2 is 1.77 bits per heavy atom. The maximum Gasteiger partial charge on any atom is 0.338 e. The molecule has 4 aromatic rings. The van der Waals surface area contributed by atoms with Crippen LogP contribution in [0.15, 0.2) is 77.3 Å². The van der Waals surface area contributed by atoms with Gasteiger partial charge in [-0.15, -0.1) is 0 Å². The van der Waals surface area contributed by atoms with Crippen molar-refractivity contribution in [1.29, 1.82) is 0 Å². The van der Waals surface area contributed by atoms with Crippen LogP contribution in [-0.4, -0.2) is 30.7 Å². The van der Waals surface area contributed by atoms with Gasteiger partial charge in [0, 0.05) is 5.56 Å². The molecule has 0 bridgehead atoms. The van der Waals surface area contributed by atoms with E-state index in [1.54, 1.807) is 42.5 Å². The molecule has 0 atom stereocenters. The maximum absolute atomic E-state index is 12.5. The van der Waals surface area contributed by atoms with Gasteiger partial charge in [-0.3, -0.25) is 4.79 Å². The van der Waals surface area contributed by atoms with Crippen LogP contribution in [0.25, 0.3) is 22.2 Å². The summed E-state index contributed by atoms with van der Waals surface area (Å²) in [5, 5.41) is 7.38. The lowest BCUT2D eigenvalue weighted by Gasteiger charge is -2.10. The molecule has 0 fully saturated rings. The molecule has 4 rings (SSSR count). The van der Waals surface area contributed by atoms with Gasteiger partial charge in [-0.25, -0.2) is 4.79 Å². The average Bonchev–Trinajstić information content (AvgIpc) is 3.21. The van der Waals surface area contributed by atoms with E-state index in [-0.39, 0.29) is 0 Å². The van der Waals surface area contributed by atoms with Gasteiger partial charge in [-0.2, -0.15) is 0 Å². The number of nitrogens with one attached hydrogen (secondary N) is 1. The number of methoxy groups -OCH3 is 1. The number of amides is 1. The number of carbonyl (C=O) groups is 2. The fourth-order valence-corrected chi connectivity index (χ4v) is 3.01. The number of rotatable bonds is 6. The predicted molar refractivity (Wildman–Crippen MR) is 111 cm³/mol. The van der Waals surface area contributed by atoms with E-state index in [1.807, 2.05) is 30.3 Å². The first-order valence-corrected chi connectivity index (χ1v) is 9.20. The number of fused-ring (bicyclic) bond motifs is 1. The molecule has 150 valence electrons. The minimum absolute atomic E-state index is 0.299. The van der Waals surface area contributed by atoms with Crippen LogP contribution in [0.3, 0.4) is 0 Å².